The Kier molecular flexibility index (Phi) is 6.02. The molecular formula is C20H23N7O5. The first-order valence-electron chi connectivity index (χ1n) is 11.0. The van der Waals surface area contributed by atoms with Gasteiger partial charge in [0.05, 0.1) is 24.7 Å². The molecule has 0 bridgehead atoms. The maximum Gasteiger partial charge on any atom is 0.369 e. The Morgan fingerprint density at radius 2 is 2.12 bits per heavy atom. The zero-order valence-electron chi connectivity index (χ0n) is 20.0. The highest BCUT2D eigenvalue weighted by atomic mass is 16.7. The fourth-order valence-corrected chi connectivity index (χ4v) is 2.69. The summed E-state index contributed by atoms with van der Waals surface area (Å²) in [4.78, 5) is 41.9. The van der Waals surface area contributed by atoms with Crippen molar-refractivity contribution in [2.45, 2.75) is 12.8 Å². The van der Waals surface area contributed by atoms with Crippen LogP contribution in [0.15, 0.2) is 29.4 Å². The summed E-state index contributed by atoms with van der Waals surface area (Å²) < 4.78 is 27.2. The van der Waals surface area contributed by atoms with E-state index in [1.807, 2.05) is 5.32 Å². The Hall–Kier alpha value is -4.06. The summed E-state index contributed by atoms with van der Waals surface area (Å²) in [5, 5.41) is 18.4. The van der Waals surface area contributed by atoms with Crippen molar-refractivity contribution in [3.8, 4) is 5.75 Å². The van der Waals surface area contributed by atoms with Crippen molar-refractivity contribution in [2.24, 2.45) is 16.8 Å². The van der Waals surface area contributed by atoms with Gasteiger partial charge in [0, 0.05) is 29.6 Å². The lowest BCUT2D eigenvalue weighted by atomic mass is 10.1. The van der Waals surface area contributed by atoms with E-state index in [9.17, 15) is 14.4 Å². The molecule has 0 saturated heterocycles. The molecule has 1 aromatic heterocycles. The molecule has 12 heteroatoms. The molecule has 1 heterocycles. The summed E-state index contributed by atoms with van der Waals surface area (Å²) in [5.41, 5.74) is 5.12. The fraction of sp³-hybridized carbons (Fsp3) is 0.300. The molecular weight excluding hydrogens is 418 g/mol. The molecule has 2 aromatic rings. The van der Waals surface area contributed by atoms with Gasteiger partial charge in [-0.15, -0.1) is 10.2 Å². The molecule has 1 aliphatic rings. The molecule has 0 aliphatic heterocycles. The second kappa shape index (κ2) is 10.3. The fourth-order valence-electron chi connectivity index (χ4n) is 2.69. The van der Waals surface area contributed by atoms with Crippen molar-refractivity contribution in [3.05, 3.63) is 35.5 Å². The number of nitrogens with one attached hydrogen (secondary N) is 3. The van der Waals surface area contributed by atoms with E-state index in [1.54, 1.807) is 0 Å². The van der Waals surface area contributed by atoms with Gasteiger partial charge in [0.2, 0.25) is 5.91 Å². The smallest absolute Gasteiger partial charge is 0.369 e. The standard InChI is InChI=1S/C20H23N7O5/c1-22-19(29)16-14(10-15(26-27-16)25-18(28)11-6-7-11)24-13-5-3-4-12(17(13)31-2)20(30)32-23-9-8-21/h3-5,9-11H,6-8,21H2,1-2H3,(H,22,29)(H2,24,25,26,28)/b23-9-/i1D3. The van der Waals surface area contributed by atoms with Crippen LogP contribution in [-0.4, -0.2) is 54.8 Å². The van der Waals surface area contributed by atoms with Gasteiger partial charge in [-0.05, 0) is 25.0 Å². The van der Waals surface area contributed by atoms with Crippen molar-refractivity contribution in [1.29, 1.82) is 0 Å². The number of para-hydroxylation sites is 1. The van der Waals surface area contributed by atoms with Gasteiger partial charge >= 0.3 is 5.97 Å². The third-order valence-electron chi connectivity index (χ3n) is 4.35. The van der Waals surface area contributed by atoms with Crippen LogP contribution in [-0.2, 0) is 9.63 Å². The number of methoxy groups -OCH3 is 1. The van der Waals surface area contributed by atoms with E-state index < -0.39 is 18.9 Å². The van der Waals surface area contributed by atoms with Crippen molar-refractivity contribution in [2.75, 3.05) is 31.3 Å². The lowest BCUT2D eigenvalue weighted by molar-refractivity contribution is -0.117. The largest absolute Gasteiger partial charge is 0.494 e. The molecule has 3 rings (SSSR count). The Balaban J connectivity index is 1.97. The highest BCUT2D eigenvalue weighted by Crippen LogP contribution is 2.34. The van der Waals surface area contributed by atoms with Crippen molar-refractivity contribution < 1.29 is 28.1 Å². The maximum atomic E-state index is 12.6. The first-order valence-corrected chi connectivity index (χ1v) is 9.51. The number of oxime groups is 1. The molecule has 2 amide bonds. The second-order valence-electron chi connectivity index (χ2n) is 6.62. The Labute approximate surface area is 187 Å². The van der Waals surface area contributed by atoms with Crippen LogP contribution in [0.25, 0.3) is 0 Å². The van der Waals surface area contributed by atoms with Gasteiger partial charge < -0.3 is 31.3 Å². The average molecular weight is 444 g/mol. The minimum atomic E-state index is -2.78. The predicted molar refractivity (Wildman–Crippen MR) is 116 cm³/mol. The number of ether oxygens (including phenoxy) is 1. The molecule has 0 unspecified atom stereocenters. The molecule has 0 radical (unpaired) electrons. The van der Waals surface area contributed by atoms with Crippen LogP contribution in [0.2, 0.25) is 0 Å². The van der Waals surface area contributed by atoms with Gasteiger partial charge in [0.1, 0.15) is 5.56 Å². The van der Waals surface area contributed by atoms with Gasteiger partial charge in [0.25, 0.3) is 5.91 Å². The van der Waals surface area contributed by atoms with Crippen LogP contribution < -0.4 is 26.4 Å². The number of hydrogen-bond acceptors (Lipinski definition) is 10. The number of carbonyl (C=O) groups excluding carboxylic acids is 3. The van der Waals surface area contributed by atoms with Gasteiger partial charge in [-0.3, -0.25) is 9.59 Å². The molecule has 1 fully saturated rings. The molecule has 0 spiro atoms. The molecule has 5 N–H and O–H groups in total. The van der Waals surface area contributed by atoms with Crippen LogP contribution in [0.3, 0.4) is 0 Å². The molecule has 1 aliphatic carbocycles. The lowest BCUT2D eigenvalue weighted by Gasteiger charge is -2.16. The third-order valence-corrected chi connectivity index (χ3v) is 4.35. The van der Waals surface area contributed by atoms with Crippen LogP contribution in [0.5, 0.6) is 5.75 Å². The summed E-state index contributed by atoms with van der Waals surface area (Å²) in [6, 6.07) is 5.80. The molecule has 12 nitrogen and oxygen atoms in total. The highest BCUT2D eigenvalue weighted by molar-refractivity contribution is 6.00. The predicted octanol–water partition coefficient (Wildman–Crippen LogP) is 1.04. The van der Waals surface area contributed by atoms with E-state index in [0.717, 1.165) is 12.8 Å². The number of anilines is 3. The lowest BCUT2D eigenvalue weighted by Crippen LogP contribution is -2.22. The molecule has 1 aromatic carbocycles. The third kappa shape index (κ3) is 5.35. The van der Waals surface area contributed by atoms with Crippen molar-refractivity contribution in [1.82, 2.24) is 15.5 Å². The quantitative estimate of drug-likeness (QED) is 0.251. The SMILES string of the molecule is [2H]C([2H])([2H])NC(=O)c1nnc(NC(=O)C2CC2)cc1Nc1cccc(C(=O)O/N=C\CN)c1OC. The van der Waals surface area contributed by atoms with Crippen LogP contribution in [0.4, 0.5) is 17.2 Å². The molecule has 32 heavy (non-hydrogen) atoms. The number of hydrogen-bond donors (Lipinski definition) is 4. The number of aromatic nitrogens is 2. The number of nitrogens with zero attached hydrogens (tertiary/aromatic N) is 3. The topological polar surface area (TPSA) is 170 Å². The van der Waals surface area contributed by atoms with Crippen LogP contribution in [0.1, 0.15) is 37.8 Å². The summed E-state index contributed by atoms with van der Waals surface area (Å²) in [6.45, 7) is -2.71. The van der Waals surface area contributed by atoms with E-state index in [2.05, 4.69) is 26.0 Å². The summed E-state index contributed by atoms with van der Waals surface area (Å²) in [5.74, 6) is -2.14. The Morgan fingerprint density at radius 1 is 1.31 bits per heavy atom. The van der Waals surface area contributed by atoms with E-state index in [1.165, 1.54) is 37.6 Å². The minimum Gasteiger partial charge on any atom is -0.494 e. The summed E-state index contributed by atoms with van der Waals surface area (Å²) >= 11 is 0. The number of rotatable bonds is 9. The monoisotopic (exact) mass is 444 g/mol. The average Bonchev–Trinajstić information content (AvgIpc) is 3.63. The Morgan fingerprint density at radius 3 is 2.81 bits per heavy atom. The second-order valence-corrected chi connectivity index (χ2v) is 6.62. The number of benzene rings is 1. The van der Waals surface area contributed by atoms with Crippen molar-refractivity contribution >= 4 is 41.2 Å². The zero-order valence-corrected chi connectivity index (χ0v) is 17.0. The normalized spacial score (nSPS) is 14.6. The Bertz CT molecular complexity index is 1150. The summed E-state index contributed by atoms with van der Waals surface area (Å²) in [6.07, 6.45) is 2.72. The maximum absolute atomic E-state index is 12.6. The van der Waals surface area contributed by atoms with E-state index in [0.29, 0.717) is 0 Å². The van der Waals surface area contributed by atoms with Gasteiger partial charge in [-0.2, -0.15) is 0 Å². The van der Waals surface area contributed by atoms with Crippen molar-refractivity contribution in [3.63, 3.8) is 0 Å². The molecule has 0 atom stereocenters. The number of carbonyl (C=O) groups is 3. The van der Waals surface area contributed by atoms with Gasteiger partial charge in [-0.1, -0.05) is 11.2 Å². The minimum absolute atomic E-state index is 0.00202. The molecule has 1 saturated carbocycles. The molecule has 168 valence electrons. The van der Waals surface area contributed by atoms with Gasteiger partial charge in [0.15, 0.2) is 17.3 Å². The van der Waals surface area contributed by atoms with Crippen LogP contribution in [0, 0.1) is 5.92 Å². The number of nitrogens with two attached hydrogens (primary N) is 1. The first kappa shape index (κ1) is 18.7. The van der Waals surface area contributed by atoms with Crippen LogP contribution >= 0.6 is 0 Å². The van der Waals surface area contributed by atoms with E-state index in [-0.39, 0.29) is 52.6 Å². The number of amides is 2. The van der Waals surface area contributed by atoms with E-state index in [4.69, 9.17) is 19.4 Å². The van der Waals surface area contributed by atoms with Gasteiger partial charge in [-0.25, -0.2) is 4.79 Å². The highest BCUT2D eigenvalue weighted by Gasteiger charge is 2.30. The van der Waals surface area contributed by atoms with E-state index >= 15 is 0 Å². The zero-order chi connectivity index (χ0) is 25.6. The first-order chi connectivity index (χ1) is 16.6. The summed E-state index contributed by atoms with van der Waals surface area (Å²) in [7, 11) is 1.31.